The molecule has 1 aliphatic carbocycles. The summed E-state index contributed by atoms with van der Waals surface area (Å²) in [6.07, 6.45) is 4.82. The molecule has 1 aliphatic rings. The first-order valence-corrected chi connectivity index (χ1v) is 6.28. The maximum atomic E-state index is 11.8. The first-order chi connectivity index (χ1) is 7.61. The van der Waals surface area contributed by atoms with Gasteiger partial charge < -0.3 is 5.32 Å². The molecule has 0 heterocycles. The Labute approximate surface area is 98.9 Å². The maximum Gasteiger partial charge on any atom is 0.234 e. The van der Waals surface area contributed by atoms with E-state index in [1.54, 1.807) is 0 Å². The van der Waals surface area contributed by atoms with Gasteiger partial charge in [-0.15, -0.1) is 0 Å². The lowest BCUT2D eigenvalue weighted by molar-refractivity contribution is -0.122. The lowest BCUT2D eigenvalue weighted by Crippen LogP contribution is -2.41. The minimum atomic E-state index is 0.162. The summed E-state index contributed by atoms with van der Waals surface area (Å²) in [5.41, 5.74) is 1.11. The highest BCUT2D eigenvalue weighted by Crippen LogP contribution is 2.17. The van der Waals surface area contributed by atoms with Crippen molar-refractivity contribution in [1.29, 1.82) is 0 Å². The molecular formula is C13H24N2O. The summed E-state index contributed by atoms with van der Waals surface area (Å²) in [4.78, 5) is 13.9. The van der Waals surface area contributed by atoms with Crippen LogP contribution in [0.1, 0.15) is 39.5 Å². The molecule has 0 radical (unpaired) electrons. The van der Waals surface area contributed by atoms with Gasteiger partial charge in [-0.1, -0.05) is 31.9 Å². The molecule has 0 aromatic rings. The molecule has 3 nitrogen and oxygen atoms in total. The van der Waals surface area contributed by atoms with Crippen LogP contribution in [0.2, 0.25) is 0 Å². The zero-order chi connectivity index (χ0) is 12.0. The molecule has 0 aromatic carbocycles. The van der Waals surface area contributed by atoms with Crippen LogP contribution in [0.4, 0.5) is 0 Å². The van der Waals surface area contributed by atoms with E-state index in [1.807, 2.05) is 6.92 Å². The number of nitrogens with zero attached hydrogens (tertiary/aromatic N) is 1. The van der Waals surface area contributed by atoms with Gasteiger partial charge in [0.2, 0.25) is 5.91 Å². The lowest BCUT2D eigenvalue weighted by Gasteiger charge is -2.21. The Kier molecular flexibility index (Phi) is 5.53. The molecule has 0 saturated heterocycles. The highest BCUT2D eigenvalue weighted by Gasteiger charge is 2.18. The summed E-state index contributed by atoms with van der Waals surface area (Å²) >= 11 is 0. The molecule has 1 saturated carbocycles. The van der Waals surface area contributed by atoms with Crippen molar-refractivity contribution in [2.75, 3.05) is 19.6 Å². The van der Waals surface area contributed by atoms with Crippen LogP contribution >= 0.6 is 0 Å². The van der Waals surface area contributed by atoms with E-state index in [-0.39, 0.29) is 5.91 Å². The molecule has 1 amide bonds. The second-order valence-corrected chi connectivity index (χ2v) is 4.81. The van der Waals surface area contributed by atoms with E-state index >= 15 is 0 Å². The van der Waals surface area contributed by atoms with Crippen LogP contribution in [0.3, 0.4) is 0 Å². The number of carbonyl (C=O) groups excluding carboxylic acids is 1. The standard InChI is InChI=1S/C13H24N2O/c1-4-15(9-11(2)3)10-13(16)14-12-7-5-6-8-12/h12H,2,4-10H2,1,3H3,(H,14,16). The van der Waals surface area contributed by atoms with E-state index < -0.39 is 0 Å². The minimum Gasteiger partial charge on any atom is -0.352 e. The molecule has 0 aliphatic heterocycles. The Bertz CT molecular complexity index is 244. The zero-order valence-corrected chi connectivity index (χ0v) is 10.6. The maximum absolute atomic E-state index is 11.8. The molecule has 1 fully saturated rings. The second kappa shape index (κ2) is 6.69. The van der Waals surface area contributed by atoms with E-state index in [1.165, 1.54) is 12.8 Å². The van der Waals surface area contributed by atoms with Gasteiger partial charge in [0.05, 0.1) is 6.54 Å². The van der Waals surface area contributed by atoms with Crippen molar-refractivity contribution in [3.05, 3.63) is 12.2 Å². The van der Waals surface area contributed by atoms with Crippen LogP contribution in [-0.4, -0.2) is 36.5 Å². The van der Waals surface area contributed by atoms with E-state index in [0.717, 1.165) is 31.5 Å². The predicted octanol–water partition coefficient (Wildman–Crippen LogP) is 1.94. The summed E-state index contributed by atoms with van der Waals surface area (Å²) in [6, 6.07) is 0.427. The van der Waals surface area contributed by atoms with Crippen LogP contribution < -0.4 is 5.32 Å². The van der Waals surface area contributed by atoms with Gasteiger partial charge in [-0.05, 0) is 26.3 Å². The monoisotopic (exact) mass is 224 g/mol. The quantitative estimate of drug-likeness (QED) is 0.699. The van der Waals surface area contributed by atoms with Gasteiger partial charge in [0.15, 0.2) is 0 Å². The van der Waals surface area contributed by atoms with Crippen molar-refractivity contribution in [3.8, 4) is 0 Å². The van der Waals surface area contributed by atoms with Gasteiger partial charge >= 0.3 is 0 Å². The van der Waals surface area contributed by atoms with Crippen molar-refractivity contribution in [2.45, 2.75) is 45.6 Å². The minimum absolute atomic E-state index is 0.162. The molecule has 1 N–H and O–H groups in total. The van der Waals surface area contributed by atoms with Gasteiger partial charge in [-0.25, -0.2) is 0 Å². The molecule has 0 atom stereocenters. The number of hydrogen-bond donors (Lipinski definition) is 1. The van der Waals surface area contributed by atoms with Crippen LogP contribution in [0.25, 0.3) is 0 Å². The second-order valence-electron chi connectivity index (χ2n) is 4.81. The molecule has 0 bridgehead atoms. The fraction of sp³-hybridized carbons (Fsp3) is 0.769. The zero-order valence-electron chi connectivity index (χ0n) is 10.6. The Morgan fingerprint density at radius 1 is 1.38 bits per heavy atom. The highest BCUT2D eigenvalue weighted by atomic mass is 16.2. The third-order valence-corrected chi connectivity index (χ3v) is 3.03. The van der Waals surface area contributed by atoms with Crippen LogP contribution in [0.15, 0.2) is 12.2 Å². The van der Waals surface area contributed by atoms with E-state index in [4.69, 9.17) is 0 Å². The van der Waals surface area contributed by atoms with Gasteiger partial charge in [0, 0.05) is 12.6 Å². The SMILES string of the molecule is C=C(C)CN(CC)CC(=O)NC1CCCC1. The van der Waals surface area contributed by atoms with Crippen molar-refractivity contribution < 1.29 is 4.79 Å². The summed E-state index contributed by atoms with van der Waals surface area (Å²) in [5.74, 6) is 0.162. The van der Waals surface area contributed by atoms with E-state index in [2.05, 4.69) is 23.7 Å². The van der Waals surface area contributed by atoms with Crippen LogP contribution in [0.5, 0.6) is 0 Å². The average molecular weight is 224 g/mol. The largest absolute Gasteiger partial charge is 0.352 e. The normalized spacial score (nSPS) is 16.7. The average Bonchev–Trinajstić information content (AvgIpc) is 2.68. The molecule has 0 aromatic heterocycles. The number of amides is 1. The van der Waals surface area contributed by atoms with Crippen LogP contribution in [0, 0.1) is 0 Å². The number of nitrogens with one attached hydrogen (secondary N) is 1. The summed E-state index contributed by atoms with van der Waals surface area (Å²) < 4.78 is 0. The lowest BCUT2D eigenvalue weighted by atomic mass is 10.2. The third kappa shape index (κ3) is 4.79. The number of likely N-dealkylation sites (N-methyl/N-ethyl adjacent to an activating group) is 1. The molecule has 1 rings (SSSR count). The third-order valence-electron chi connectivity index (χ3n) is 3.03. The number of rotatable bonds is 6. The predicted molar refractivity (Wildman–Crippen MR) is 67.3 cm³/mol. The first-order valence-electron chi connectivity index (χ1n) is 6.28. The fourth-order valence-corrected chi connectivity index (χ4v) is 2.21. The van der Waals surface area contributed by atoms with Crippen molar-refractivity contribution >= 4 is 5.91 Å². The topological polar surface area (TPSA) is 32.3 Å². The molecule has 92 valence electrons. The fourth-order valence-electron chi connectivity index (χ4n) is 2.21. The van der Waals surface area contributed by atoms with E-state index in [0.29, 0.717) is 12.6 Å². The number of hydrogen-bond acceptors (Lipinski definition) is 2. The van der Waals surface area contributed by atoms with Gasteiger partial charge in [-0.3, -0.25) is 9.69 Å². The summed E-state index contributed by atoms with van der Waals surface area (Å²) in [7, 11) is 0. The smallest absolute Gasteiger partial charge is 0.234 e. The molecular weight excluding hydrogens is 200 g/mol. The van der Waals surface area contributed by atoms with E-state index in [9.17, 15) is 4.79 Å². The Morgan fingerprint density at radius 2 is 2.00 bits per heavy atom. The summed E-state index contributed by atoms with van der Waals surface area (Å²) in [6.45, 7) is 10.2. The Balaban J connectivity index is 2.27. The van der Waals surface area contributed by atoms with Gasteiger partial charge in [0.25, 0.3) is 0 Å². The van der Waals surface area contributed by atoms with Crippen molar-refractivity contribution in [2.24, 2.45) is 0 Å². The van der Waals surface area contributed by atoms with Gasteiger partial charge in [-0.2, -0.15) is 0 Å². The molecule has 16 heavy (non-hydrogen) atoms. The Morgan fingerprint density at radius 3 is 2.50 bits per heavy atom. The van der Waals surface area contributed by atoms with Crippen molar-refractivity contribution in [1.82, 2.24) is 10.2 Å². The molecule has 0 unspecified atom stereocenters. The molecule has 0 spiro atoms. The highest BCUT2D eigenvalue weighted by molar-refractivity contribution is 5.78. The Hall–Kier alpha value is -0.830. The van der Waals surface area contributed by atoms with Gasteiger partial charge in [0.1, 0.15) is 0 Å². The molecule has 3 heteroatoms. The summed E-state index contributed by atoms with van der Waals surface area (Å²) in [5, 5.41) is 3.11. The first kappa shape index (κ1) is 13.2. The number of carbonyl (C=O) groups is 1. The van der Waals surface area contributed by atoms with Crippen molar-refractivity contribution in [3.63, 3.8) is 0 Å². The van der Waals surface area contributed by atoms with Crippen LogP contribution in [-0.2, 0) is 4.79 Å².